The molecule has 18 heavy (non-hydrogen) atoms. The molecule has 0 saturated carbocycles. The smallest absolute Gasteiger partial charge is 0.319 e. The van der Waals surface area contributed by atoms with E-state index in [0.717, 1.165) is 11.8 Å². The van der Waals surface area contributed by atoms with Crippen molar-refractivity contribution in [2.75, 3.05) is 12.8 Å². The Morgan fingerprint density at radius 2 is 1.94 bits per heavy atom. The van der Waals surface area contributed by atoms with Crippen molar-refractivity contribution < 1.29 is 18.3 Å². The van der Waals surface area contributed by atoms with Crippen molar-refractivity contribution in [1.29, 1.82) is 0 Å². The molecule has 0 bridgehead atoms. The van der Waals surface area contributed by atoms with Crippen LogP contribution in [0.3, 0.4) is 0 Å². The molecule has 0 aliphatic carbocycles. The molecule has 0 fully saturated rings. The number of anilines is 1. The average Bonchev–Trinajstić information content (AvgIpc) is 2.30. The van der Waals surface area contributed by atoms with Crippen molar-refractivity contribution >= 4 is 23.4 Å². The zero-order valence-electron chi connectivity index (χ0n) is 10.4. The standard InChI is InChI=1S/C12H15F2NO2S/c1-6(2)11(12(16)17-3)18-10-5-9(15)7(13)4-8(10)14/h4-6,11H,15H2,1-3H3. The Hall–Kier alpha value is -1.30. The Labute approximate surface area is 109 Å². The molecule has 0 saturated heterocycles. The Kier molecular flexibility index (Phi) is 4.95. The summed E-state index contributed by atoms with van der Waals surface area (Å²) < 4.78 is 31.2. The molecule has 100 valence electrons. The van der Waals surface area contributed by atoms with Crippen molar-refractivity contribution in [2.45, 2.75) is 24.0 Å². The third kappa shape index (κ3) is 3.35. The zero-order valence-corrected chi connectivity index (χ0v) is 11.2. The summed E-state index contributed by atoms with van der Waals surface area (Å²) >= 11 is 0.983. The number of hydrogen-bond acceptors (Lipinski definition) is 4. The van der Waals surface area contributed by atoms with Crippen LogP contribution in [0.5, 0.6) is 0 Å². The number of halogens is 2. The highest BCUT2D eigenvalue weighted by atomic mass is 32.2. The first kappa shape index (κ1) is 14.8. The van der Waals surface area contributed by atoms with Crippen molar-refractivity contribution in [3.8, 4) is 0 Å². The highest BCUT2D eigenvalue weighted by Gasteiger charge is 2.25. The summed E-state index contributed by atoms with van der Waals surface area (Å²) in [5.41, 5.74) is 5.23. The molecule has 0 radical (unpaired) electrons. The monoisotopic (exact) mass is 275 g/mol. The van der Waals surface area contributed by atoms with Crippen molar-refractivity contribution in [1.82, 2.24) is 0 Å². The van der Waals surface area contributed by atoms with E-state index in [1.807, 2.05) is 13.8 Å². The number of ether oxygens (including phenoxy) is 1. The van der Waals surface area contributed by atoms with Crippen LogP contribution < -0.4 is 5.73 Å². The van der Waals surface area contributed by atoms with Crippen molar-refractivity contribution in [3.05, 3.63) is 23.8 Å². The molecular weight excluding hydrogens is 260 g/mol. The maximum atomic E-state index is 13.6. The van der Waals surface area contributed by atoms with Gasteiger partial charge in [0.15, 0.2) is 0 Å². The molecule has 0 spiro atoms. The van der Waals surface area contributed by atoms with Crippen LogP contribution in [0.15, 0.2) is 17.0 Å². The van der Waals surface area contributed by atoms with Gasteiger partial charge in [-0.2, -0.15) is 0 Å². The van der Waals surface area contributed by atoms with E-state index in [0.29, 0.717) is 6.07 Å². The van der Waals surface area contributed by atoms with Gasteiger partial charge in [-0.1, -0.05) is 13.8 Å². The number of esters is 1. The van der Waals surface area contributed by atoms with Crippen molar-refractivity contribution in [3.63, 3.8) is 0 Å². The van der Waals surface area contributed by atoms with Gasteiger partial charge in [0, 0.05) is 11.0 Å². The maximum Gasteiger partial charge on any atom is 0.319 e. The molecule has 1 atom stereocenters. The van der Waals surface area contributed by atoms with Crippen LogP contribution in [0.2, 0.25) is 0 Å². The fourth-order valence-corrected chi connectivity index (χ4v) is 2.45. The third-order valence-corrected chi connectivity index (χ3v) is 3.90. The third-order valence-electron chi connectivity index (χ3n) is 2.34. The second-order valence-corrected chi connectivity index (χ2v) is 5.29. The van der Waals surface area contributed by atoms with Gasteiger partial charge < -0.3 is 10.5 Å². The molecule has 1 aromatic rings. The number of rotatable bonds is 4. The number of nitrogens with two attached hydrogens (primary N) is 1. The number of carbonyl (C=O) groups excluding carboxylic acids is 1. The molecule has 6 heteroatoms. The zero-order chi connectivity index (χ0) is 13.9. The van der Waals surface area contributed by atoms with Crippen LogP contribution in [-0.2, 0) is 9.53 Å². The van der Waals surface area contributed by atoms with Gasteiger partial charge in [0.25, 0.3) is 0 Å². The Bertz CT molecular complexity index is 452. The van der Waals surface area contributed by atoms with Crippen molar-refractivity contribution in [2.24, 2.45) is 5.92 Å². The fraction of sp³-hybridized carbons (Fsp3) is 0.417. The molecule has 0 aliphatic rings. The normalized spacial score (nSPS) is 12.6. The molecule has 1 rings (SSSR count). The van der Waals surface area contributed by atoms with Crippen LogP contribution in [0.1, 0.15) is 13.8 Å². The predicted octanol–water partition coefficient (Wildman–Crippen LogP) is 2.84. The van der Waals surface area contributed by atoms with Gasteiger partial charge in [-0.25, -0.2) is 8.78 Å². The summed E-state index contributed by atoms with van der Waals surface area (Å²) in [5.74, 6) is -2.04. The lowest BCUT2D eigenvalue weighted by molar-refractivity contribution is -0.140. The minimum Gasteiger partial charge on any atom is -0.468 e. The molecule has 0 aromatic heterocycles. The van der Waals surface area contributed by atoms with Crippen LogP contribution >= 0.6 is 11.8 Å². The summed E-state index contributed by atoms with van der Waals surface area (Å²) in [7, 11) is 1.27. The Balaban J connectivity index is 3.01. The summed E-state index contributed by atoms with van der Waals surface area (Å²) in [5, 5.41) is -0.561. The van der Waals surface area contributed by atoms with Gasteiger partial charge in [-0.3, -0.25) is 4.79 Å². The van der Waals surface area contributed by atoms with E-state index < -0.39 is 22.9 Å². The van der Waals surface area contributed by atoms with Crippen LogP contribution in [0, 0.1) is 17.6 Å². The van der Waals surface area contributed by atoms with Gasteiger partial charge in [0.2, 0.25) is 0 Å². The summed E-state index contributed by atoms with van der Waals surface area (Å²) in [6.45, 7) is 3.64. The summed E-state index contributed by atoms with van der Waals surface area (Å²) in [6, 6.07) is 1.90. The SMILES string of the molecule is COC(=O)C(Sc1cc(N)c(F)cc1F)C(C)C. The highest BCUT2D eigenvalue weighted by molar-refractivity contribution is 8.00. The highest BCUT2D eigenvalue weighted by Crippen LogP contribution is 2.33. The van der Waals surface area contributed by atoms with E-state index in [-0.39, 0.29) is 16.5 Å². The minimum absolute atomic E-state index is 0.0480. The van der Waals surface area contributed by atoms with E-state index >= 15 is 0 Å². The minimum atomic E-state index is -0.809. The Morgan fingerprint density at radius 1 is 1.33 bits per heavy atom. The lowest BCUT2D eigenvalue weighted by Crippen LogP contribution is -2.24. The number of benzene rings is 1. The van der Waals surface area contributed by atoms with E-state index in [4.69, 9.17) is 5.73 Å². The number of methoxy groups -OCH3 is 1. The van der Waals surface area contributed by atoms with Gasteiger partial charge in [-0.05, 0) is 12.0 Å². The molecule has 3 nitrogen and oxygen atoms in total. The molecule has 1 aromatic carbocycles. The largest absolute Gasteiger partial charge is 0.468 e. The van der Waals surface area contributed by atoms with Gasteiger partial charge in [-0.15, -0.1) is 11.8 Å². The average molecular weight is 275 g/mol. The first-order valence-corrected chi connectivity index (χ1v) is 6.23. The van der Waals surface area contributed by atoms with E-state index in [2.05, 4.69) is 4.74 Å². The molecule has 0 amide bonds. The first-order valence-electron chi connectivity index (χ1n) is 5.35. The first-order chi connectivity index (χ1) is 8.36. The fourth-order valence-electron chi connectivity index (χ4n) is 1.34. The molecule has 1 unspecified atom stereocenters. The summed E-state index contributed by atoms with van der Waals surface area (Å²) in [4.78, 5) is 11.7. The van der Waals surface area contributed by atoms with Crippen LogP contribution in [-0.4, -0.2) is 18.3 Å². The molecular formula is C12H15F2NO2S. The second-order valence-electron chi connectivity index (χ2n) is 4.11. The van der Waals surface area contributed by atoms with E-state index in [1.165, 1.54) is 13.2 Å². The quantitative estimate of drug-likeness (QED) is 0.521. The number of carbonyl (C=O) groups is 1. The Morgan fingerprint density at radius 3 is 2.44 bits per heavy atom. The number of hydrogen-bond donors (Lipinski definition) is 1. The van der Waals surface area contributed by atoms with Crippen LogP contribution in [0.25, 0.3) is 0 Å². The summed E-state index contributed by atoms with van der Waals surface area (Å²) in [6.07, 6.45) is 0. The lowest BCUT2D eigenvalue weighted by atomic mass is 10.1. The molecule has 2 N–H and O–H groups in total. The molecule has 0 heterocycles. The van der Waals surface area contributed by atoms with E-state index in [1.54, 1.807) is 0 Å². The topological polar surface area (TPSA) is 52.3 Å². The predicted molar refractivity (Wildman–Crippen MR) is 67.3 cm³/mol. The second kappa shape index (κ2) is 6.04. The van der Waals surface area contributed by atoms with Gasteiger partial charge >= 0.3 is 5.97 Å². The number of nitrogen functional groups attached to an aromatic ring is 1. The van der Waals surface area contributed by atoms with Gasteiger partial charge in [0.1, 0.15) is 16.9 Å². The van der Waals surface area contributed by atoms with Crippen LogP contribution in [0.4, 0.5) is 14.5 Å². The number of thioether (sulfide) groups is 1. The lowest BCUT2D eigenvalue weighted by Gasteiger charge is -2.18. The molecule has 0 aliphatic heterocycles. The maximum absolute atomic E-state index is 13.6. The van der Waals surface area contributed by atoms with E-state index in [9.17, 15) is 13.6 Å². The van der Waals surface area contributed by atoms with Gasteiger partial charge in [0.05, 0.1) is 12.8 Å².